The molecule has 0 fully saturated rings. The summed E-state index contributed by atoms with van der Waals surface area (Å²) >= 11 is 0. The molecule has 4 amide bonds. The number of anilines is 1. The van der Waals surface area contributed by atoms with E-state index in [4.69, 9.17) is 0 Å². The van der Waals surface area contributed by atoms with Gasteiger partial charge >= 0.3 is 0 Å². The van der Waals surface area contributed by atoms with Crippen LogP contribution in [0.25, 0.3) is 27.1 Å². The summed E-state index contributed by atoms with van der Waals surface area (Å²) in [5.41, 5.74) is 4.87. The number of amides is 4. The topological polar surface area (TPSA) is 119 Å². The Morgan fingerprint density at radius 3 is 1.53 bits per heavy atom. The van der Waals surface area contributed by atoms with Crippen molar-refractivity contribution >= 4 is 62.2 Å². The maximum Gasteiger partial charge on any atom is 0.261 e. The third kappa shape index (κ3) is 6.17. The molecule has 2 heterocycles. The smallest absolute Gasteiger partial charge is 0.261 e. The Kier molecular flexibility index (Phi) is 9.60. The van der Waals surface area contributed by atoms with Crippen LogP contribution in [0.1, 0.15) is 66.4 Å². The van der Waals surface area contributed by atoms with E-state index in [-0.39, 0.29) is 60.2 Å². The SMILES string of the molecule is CCN(CCN1C(=O)c2cccc3cccc(c23)C1=O)c1ccc(C2=C(O)C(C3C=CC(N(CC)CCN4C(=O)c5cccc6cccc(c56)C4=O)C=C3)C2=O)c(C)c1. The second kappa shape index (κ2) is 14.9. The van der Waals surface area contributed by atoms with Gasteiger partial charge in [0.2, 0.25) is 0 Å². The number of benzene rings is 5. The zero-order chi connectivity index (χ0) is 41.1. The Labute approximate surface area is 342 Å². The Bertz CT molecular complexity index is 2610. The van der Waals surface area contributed by atoms with E-state index in [0.29, 0.717) is 70.3 Å². The molecule has 4 aliphatic rings. The van der Waals surface area contributed by atoms with Crippen molar-refractivity contribution in [2.75, 3.05) is 44.2 Å². The van der Waals surface area contributed by atoms with Crippen LogP contribution >= 0.6 is 0 Å². The number of rotatable bonds is 12. The van der Waals surface area contributed by atoms with E-state index in [9.17, 15) is 29.1 Å². The summed E-state index contributed by atoms with van der Waals surface area (Å²) < 4.78 is 0. The fraction of sp³-hybridized carbons (Fsp3) is 0.245. The molecule has 1 atom stereocenters. The van der Waals surface area contributed by atoms with Crippen molar-refractivity contribution in [2.45, 2.75) is 26.8 Å². The van der Waals surface area contributed by atoms with Crippen molar-refractivity contribution in [1.82, 2.24) is 14.7 Å². The lowest BCUT2D eigenvalue weighted by atomic mass is 9.70. The summed E-state index contributed by atoms with van der Waals surface area (Å²) in [6, 6.07) is 27.7. The van der Waals surface area contributed by atoms with Gasteiger partial charge in [0.25, 0.3) is 23.6 Å². The molecule has 0 spiro atoms. The highest BCUT2D eigenvalue weighted by molar-refractivity contribution is 6.30. The van der Waals surface area contributed by atoms with Crippen molar-refractivity contribution in [1.29, 1.82) is 0 Å². The zero-order valence-corrected chi connectivity index (χ0v) is 33.2. The van der Waals surface area contributed by atoms with Gasteiger partial charge in [-0.3, -0.25) is 38.7 Å². The lowest BCUT2D eigenvalue weighted by Crippen LogP contribution is -2.46. The highest BCUT2D eigenvalue weighted by Crippen LogP contribution is 2.44. The van der Waals surface area contributed by atoms with E-state index in [0.717, 1.165) is 22.0 Å². The quantitative estimate of drug-likeness (QED) is 0.101. The van der Waals surface area contributed by atoms with Crippen LogP contribution in [0, 0.1) is 18.8 Å². The first-order valence-corrected chi connectivity index (χ1v) is 20.3. The van der Waals surface area contributed by atoms with E-state index in [1.165, 1.54) is 9.80 Å². The summed E-state index contributed by atoms with van der Waals surface area (Å²) in [4.78, 5) is 74.5. The van der Waals surface area contributed by atoms with Crippen molar-refractivity contribution in [3.05, 3.63) is 154 Å². The van der Waals surface area contributed by atoms with E-state index in [1.807, 2.05) is 112 Å². The first-order valence-electron chi connectivity index (χ1n) is 20.3. The fourth-order valence-corrected chi connectivity index (χ4v) is 9.32. The summed E-state index contributed by atoms with van der Waals surface area (Å²) in [5.74, 6) is -2.20. The van der Waals surface area contributed by atoms with Gasteiger partial charge in [0, 0.05) is 83.4 Å². The molecule has 1 N–H and O–H groups in total. The van der Waals surface area contributed by atoms with Crippen LogP contribution in [0.15, 0.2) is 121 Å². The monoisotopic (exact) mass is 784 g/mol. The van der Waals surface area contributed by atoms with Crippen LogP contribution in [0.4, 0.5) is 5.69 Å². The Balaban J connectivity index is 0.838. The third-order valence-electron chi connectivity index (χ3n) is 12.5. The number of carbonyl (C=O) groups excluding carboxylic acids is 5. The maximum atomic E-state index is 13.7. The molecule has 59 heavy (non-hydrogen) atoms. The molecule has 0 radical (unpaired) electrons. The number of hydrogen-bond donors (Lipinski definition) is 1. The average molecular weight is 785 g/mol. The van der Waals surface area contributed by atoms with Gasteiger partial charge in [-0.05, 0) is 78.7 Å². The summed E-state index contributed by atoms with van der Waals surface area (Å²) in [7, 11) is 0. The average Bonchev–Trinajstić information content (AvgIpc) is 3.25. The number of Topliss-reactive ketones (excluding diaryl/α,β-unsaturated/α-hetero) is 1. The van der Waals surface area contributed by atoms with Crippen LogP contribution in [0.2, 0.25) is 0 Å². The largest absolute Gasteiger partial charge is 0.511 e. The van der Waals surface area contributed by atoms with Crippen LogP contribution in [0.5, 0.6) is 0 Å². The Hall–Kier alpha value is -6.65. The van der Waals surface area contributed by atoms with E-state index >= 15 is 0 Å². The molecule has 0 bridgehead atoms. The zero-order valence-electron chi connectivity index (χ0n) is 33.2. The second-order valence-corrected chi connectivity index (χ2v) is 15.6. The number of aliphatic hydroxyl groups is 1. The number of likely N-dealkylation sites (N-methyl/N-ethyl adjacent to an activating group) is 2. The minimum absolute atomic E-state index is 0.0677. The molecule has 10 nitrogen and oxygen atoms in total. The molecule has 2 aliphatic carbocycles. The van der Waals surface area contributed by atoms with Gasteiger partial charge in [-0.1, -0.05) is 85.8 Å². The van der Waals surface area contributed by atoms with Crippen LogP contribution in [0.3, 0.4) is 0 Å². The lowest BCUT2D eigenvalue weighted by molar-refractivity contribution is -0.120. The minimum Gasteiger partial charge on any atom is -0.511 e. The molecular formula is C49H44N4O6. The number of imide groups is 2. The molecule has 10 heteroatoms. The van der Waals surface area contributed by atoms with Crippen LogP contribution in [-0.4, -0.2) is 94.5 Å². The Morgan fingerprint density at radius 1 is 0.593 bits per heavy atom. The molecule has 2 aliphatic heterocycles. The van der Waals surface area contributed by atoms with Crippen molar-refractivity contribution in [3.63, 3.8) is 0 Å². The number of allylic oxidation sites excluding steroid dienone is 4. The van der Waals surface area contributed by atoms with Crippen LogP contribution < -0.4 is 4.90 Å². The maximum absolute atomic E-state index is 13.7. The molecular weight excluding hydrogens is 741 g/mol. The van der Waals surface area contributed by atoms with E-state index in [2.05, 4.69) is 9.80 Å². The first kappa shape index (κ1) is 37.9. The highest BCUT2D eigenvalue weighted by Gasteiger charge is 2.44. The molecule has 296 valence electrons. The van der Waals surface area contributed by atoms with Gasteiger partial charge in [0.05, 0.1) is 11.5 Å². The van der Waals surface area contributed by atoms with Crippen molar-refractivity contribution in [2.24, 2.45) is 11.8 Å². The second-order valence-electron chi connectivity index (χ2n) is 15.6. The van der Waals surface area contributed by atoms with Gasteiger partial charge in [-0.15, -0.1) is 0 Å². The predicted octanol–water partition coefficient (Wildman–Crippen LogP) is 7.62. The number of aryl methyl sites for hydroxylation is 1. The van der Waals surface area contributed by atoms with E-state index in [1.54, 1.807) is 24.3 Å². The lowest BCUT2D eigenvalue weighted by Gasteiger charge is -2.36. The first-order chi connectivity index (χ1) is 28.6. The summed E-state index contributed by atoms with van der Waals surface area (Å²) in [6.45, 7) is 8.62. The summed E-state index contributed by atoms with van der Waals surface area (Å²) in [5, 5.41) is 14.5. The number of hydrogen-bond acceptors (Lipinski definition) is 8. The molecule has 0 aromatic heterocycles. The summed E-state index contributed by atoms with van der Waals surface area (Å²) in [6.07, 6.45) is 7.96. The standard InChI is InChI=1S/C49H44N4O6/c1-4-50(24-26-52-46(56)36-14-6-10-30-11-7-15-37(40(30)36)47(52)57)33-20-18-32(19-21-33)42-44(54)43(45(42)55)35-23-22-34(28-29(35)3)51(5-2)25-27-53-48(58)38-16-8-12-31-13-9-17-39(41(31)38)49(53)59/h6-23,28,32-33,42,54H,4-5,24-27H2,1-3H3. The molecule has 0 saturated carbocycles. The number of ketones is 1. The van der Waals surface area contributed by atoms with Gasteiger partial charge in [0.1, 0.15) is 5.76 Å². The van der Waals surface area contributed by atoms with Crippen molar-refractivity contribution < 1.29 is 29.1 Å². The molecule has 5 aromatic rings. The minimum atomic E-state index is -0.679. The highest BCUT2D eigenvalue weighted by atomic mass is 16.3. The number of carbonyl (C=O) groups is 5. The third-order valence-corrected chi connectivity index (χ3v) is 12.5. The predicted molar refractivity (Wildman–Crippen MR) is 229 cm³/mol. The van der Waals surface area contributed by atoms with Gasteiger partial charge < -0.3 is 10.0 Å². The van der Waals surface area contributed by atoms with E-state index < -0.39 is 5.92 Å². The number of nitrogens with zero attached hydrogens (tertiary/aromatic N) is 4. The van der Waals surface area contributed by atoms with Gasteiger partial charge in [0.15, 0.2) is 5.78 Å². The fourth-order valence-electron chi connectivity index (χ4n) is 9.32. The number of aliphatic hydroxyl groups excluding tert-OH is 1. The molecule has 1 unspecified atom stereocenters. The molecule has 0 saturated heterocycles. The normalized spacial score (nSPS) is 19.8. The van der Waals surface area contributed by atoms with Crippen molar-refractivity contribution in [3.8, 4) is 0 Å². The van der Waals surface area contributed by atoms with Gasteiger partial charge in [-0.2, -0.15) is 0 Å². The molecule has 9 rings (SSSR count). The molecule has 5 aromatic carbocycles. The van der Waals surface area contributed by atoms with Gasteiger partial charge in [-0.25, -0.2) is 0 Å². The Morgan fingerprint density at radius 2 is 1.08 bits per heavy atom. The van der Waals surface area contributed by atoms with Crippen LogP contribution in [-0.2, 0) is 4.79 Å².